The summed E-state index contributed by atoms with van der Waals surface area (Å²) in [6.45, 7) is 5.67. The third-order valence-electron chi connectivity index (χ3n) is 4.38. The van der Waals surface area contributed by atoms with Crippen LogP contribution in [0.1, 0.15) is 11.1 Å². The third kappa shape index (κ3) is 3.60. The number of nitrogens with zero attached hydrogens (tertiary/aromatic N) is 4. The van der Waals surface area contributed by atoms with Gasteiger partial charge in [0.25, 0.3) is 0 Å². The Balaban J connectivity index is 1.62. The molecule has 1 aliphatic rings. The number of carbonyl (C=O) groups is 1. The van der Waals surface area contributed by atoms with Gasteiger partial charge < -0.3 is 14.6 Å². The highest BCUT2D eigenvalue weighted by molar-refractivity contribution is 5.77. The number of amides is 1. The molecule has 1 amide bonds. The van der Waals surface area contributed by atoms with Gasteiger partial charge in [0.2, 0.25) is 5.91 Å². The summed E-state index contributed by atoms with van der Waals surface area (Å²) >= 11 is 0. The van der Waals surface area contributed by atoms with Gasteiger partial charge >= 0.3 is 0 Å². The number of benzene rings is 1. The lowest BCUT2D eigenvalue weighted by Gasteiger charge is -2.34. The van der Waals surface area contributed by atoms with Gasteiger partial charge in [0.05, 0.1) is 6.33 Å². The number of hydrogen-bond acceptors (Lipinski definition) is 4. The molecule has 2 heterocycles. The van der Waals surface area contributed by atoms with Gasteiger partial charge in [-0.1, -0.05) is 6.07 Å². The lowest BCUT2D eigenvalue weighted by Crippen LogP contribution is -2.49. The Hall–Kier alpha value is -2.18. The Bertz CT molecular complexity index is 661. The zero-order valence-corrected chi connectivity index (χ0v) is 13.4. The summed E-state index contributed by atoms with van der Waals surface area (Å²) in [6, 6.07) is 6.44. The number of rotatable bonds is 4. The number of hydrogen-bond donors (Lipinski definition) is 1. The van der Waals surface area contributed by atoms with Crippen molar-refractivity contribution < 1.29 is 9.90 Å². The quantitative estimate of drug-likeness (QED) is 0.907. The van der Waals surface area contributed by atoms with Crippen molar-refractivity contribution in [2.45, 2.75) is 13.5 Å². The van der Waals surface area contributed by atoms with Crippen molar-refractivity contribution in [2.75, 3.05) is 32.8 Å². The normalized spacial score (nSPS) is 15.8. The number of aryl methyl sites for hydroxylation is 1. The first-order valence-corrected chi connectivity index (χ1v) is 7.86. The van der Waals surface area contributed by atoms with Crippen LogP contribution >= 0.6 is 0 Å². The zero-order chi connectivity index (χ0) is 16.2. The molecule has 1 aromatic carbocycles. The van der Waals surface area contributed by atoms with Gasteiger partial charge in [0.15, 0.2) is 0 Å². The monoisotopic (exact) mass is 314 g/mol. The number of imidazole rings is 1. The van der Waals surface area contributed by atoms with E-state index in [9.17, 15) is 4.79 Å². The van der Waals surface area contributed by atoms with E-state index in [1.807, 2.05) is 10.8 Å². The Labute approximate surface area is 136 Å². The predicted molar refractivity (Wildman–Crippen MR) is 87.2 cm³/mol. The van der Waals surface area contributed by atoms with Gasteiger partial charge in [0.1, 0.15) is 6.61 Å². The zero-order valence-electron chi connectivity index (χ0n) is 13.4. The van der Waals surface area contributed by atoms with Crippen molar-refractivity contribution in [3.63, 3.8) is 0 Å². The molecule has 3 rings (SSSR count). The van der Waals surface area contributed by atoms with Crippen LogP contribution in [0.4, 0.5) is 0 Å². The number of piperazine rings is 1. The molecule has 1 saturated heterocycles. The highest BCUT2D eigenvalue weighted by Gasteiger charge is 2.20. The molecule has 23 heavy (non-hydrogen) atoms. The van der Waals surface area contributed by atoms with E-state index in [2.05, 4.69) is 35.0 Å². The fourth-order valence-electron chi connectivity index (χ4n) is 2.93. The molecule has 0 bridgehead atoms. The van der Waals surface area contributed by atoms with Crippen LogP contribution in [-0.4, -0.2) is 63.2 Å². The van der Waals surface area contributed by atoms with E-state index in [4.69, 9.17) is 5.11 Å². The van der Waals surface area contributed by atoms with Crippen LogP contribution in [0.3, 0.4) is 0 Å². The minimum Gasteiger partial charge on any atom is -0.387 e. The molecule has 1 N–H and O–H groups in total. The van der Waals surface area contributed by atoms with E-state index in [1.165, 1.54) is 11.1 Å². The molecule has 0 spiro atoms. The van der Waals surface area contributed by atoms with E-state index in [-0.39, 0.29) is 5.91 Å². The Kier molecular flexibility index (Phi) is 4.73. The first-order chi connectivity index (χ1) is 11.2. The minimum atomic E-state index is -0.394. The highest BCUT2D eigenvalue weighted by atomic mass is 16.3. The smallest absolute Gasteiger partial charge is 0.248 e. The van der Waals surface area contributed by atoms with Crippen molar-refractivity contribution in [1.82, 2.24) is 19.4 Å². The van der Waals surface area contributed by atoms with Crippen LogP contribution < -0.4 is 0 Å². The van der Waals surface area contributed by atoms with Gasteiger partial charge in [-0.15, -0.1) is 0 Å². The maximum atomic E-state index is 11.5. The molecule has 2 aromatic rings. The third-order valence-corrected chi connectivity index (χ3v) is 4.38. The minimum absolute atomic E-state index is 0.175. The van der Waals surface area contributed by atoms with Crippen LogP contribution in [0.2, 0.25) is 0 Å². The van der Waals surface area contributed by atoms with Crippen LogP contribution in [0.25, 0.3) is 5.69 Å². The molecular weight excluding hydrogens is 292 g/mol. The van der Waals surface area contributed by atoms with Crippen molar-refractivity contribution in [1.29, 1.82) is 0 Å². The van der Waals surface area contributed by atoms with Gasteiger partial charge in [-0.05, 0) is 30.2 Å². The van der Waals surface area contributed by atoms with Crippen LogP contribution in [0, 0.1) is 6.92 Å². The summed E-state index contributed by atoms with van der Waals surface area (Å²) in [5.74, 6) is -0.175. The Morgan fingerprint density at radius 3 is 2.65 bits per heavy atom. The number of aliphatic hydroxyl groups is 1. The SMILES string of the molecule is Cc1cc(-n2ccnc2)ccc1CN1CCN(C(=O)CO)CC1. The van der Waals surface area contributed by atoms with Gasteiger partial charge in [-0.25, -0.2) is 4.98 Å². The summed E-state index contributed by atoms with van der Waals surface area (Å²) in [5, 5.41) is 8.92. The average molecular weight is 314 g/mol. The molecule has 0 saturated carbocycles. The van der Waals surface area contributed by atoms with E-state index in [0.717, 1.165) is 25.3 Å². The predicted octanol–water partition coefficient (Wildman–Crippen LogP) is 0.817. The second-order valence-electron chi connectivity index (χ2n) is 5.90. The van der Waals surface area contributed by atoms with E-state index < -0.39 is 6.61 Å². The van der Waals surface area contributed by atoms with Crippen LogP contribution in [-0.2, 0) is 11.3 Å². The Morgan fingerprint density at radius 2 is 2.04 bits per heavy atom. The topological polar surface area (TPSA) is 61.6 Å². The standard InChI is InChI=1S/C17H22N4O2/c1-14-10-16(21-5-4-18-13-21)3-2-15(14)11-19-6-8-20(9-7-19)17(23)12-22/h2-5,10,13,22H,6-9,11-12H2,1H3. The average Bonchev–Trinajstić information content (AvgIpc) is 3.11. The highest BCUT2D eigenvalue weighted by Crippen LogP contribution is 2.17. The lowest BCUT2D eigenvalue weighted by atomic mass is 10.1. The van der Waals surface area contributed by atoms with E-state index in [1.54, 1.807) is 17.4 Å². The first-order valence-electron chi connectivity index (χ1n) is 7.86. The van der Waals surface area contributed by atoms with Crippen molar-refractivity contribution in [2.24, 2.45) is 0 Å². The van der Waals surface area contributed by atoms with Crippen molar-refractivity contribution >= 4 is 5.91 Å². The molecule has 1 aromatic heterocycles. The summed E-state index contributed by atoms with van der Waals surface area (Å²) in [6.07, 6.45) is 5.51. The molecular formula is C17H22N4O2. The second-order valence-corrected chi connectivity index (χ2v) is 5.90. The van der Waals surface area contributed by atoms with Gasteiger partial charge in [-0.2, -0.15) is 0 Å². The van der Waals surface area contributed by atoms with Crippen LogP contribution in [0.5, 0.6) is 0 Å². The molecule has 0 radical (unpaired) electrons. The second kappa shape index (κ2) is 6.93. The maximum Gasteiger partial charge on any atom is 0.248 e. The van der Waals surface area contributed by atoms with Gasteiger partial charge in [0, 0.05) is 50.8 Å². The molecule has 0 atom stereocenters. The lowest BCUT2D eigenvalue weighted by molar-refractivity contribution is -0.135. The number of carbonyl (C=O) groups excluding carboxylic acids is 1. The largest absolute Gasteiger partial charge is 0.387 e. The summed E-state index contributed by atoms with van der Waals surface area (Å²) in [5.41, 5.74) is 3.67. The molecule has 6 heteroatoms. The van der Waals surface area contributed by atoms with Gasteiger partial charge in [-0.3, -0.25) is 9.69 Å². The fourth-order valence-corrected chi connectivity index (χ4v) is 2.93. The molecule has 6 nitrogen and oxygen atoms in total. The summed E-state index contributed by atoms with van der Waals surface area (Å²) in [4.78, 5) is 19.6. The van der Waals surface area contributed by atoms with Crippen LogP contribution in [0.15, 0.2) is 36.9 Å². The summed E-state index contributed by atoms with van der Waals surface area (Å²) in [7, 11) is 0. The molecule has 0 unspecified atom stereocenters. The Morgan fingerprint density at radius 1 is 1.26 bits per heavy atom. The van der Waals surface area contributed by atoms with Crippen molar-refractivity contribution in [3.05, 3.63) is 48.0 Å². The maximum absolute atomic E-state index is 11.5. The molecule has 1 fully saturated rings. The summed E-state index contributed by atoms with van der Waals surface area (Å²) < 4.78 is 2.00. The number of aromatic nitrogens is 2. The van der Waals surface area contributed by atoms with E-state index in [0.29, 0.717) is 13.1 Å². The molecule has 122 valence electrons. The fraction of sp³-hybridized carbons (Fsp3) is 0.412. The molecule has 1 aliphatic heterocycles. The van der Waals surface area contributed by atoms with E-state index >= 15 is 0 Å². The number of aliphatic hydroxyl groups excluding tert-OH is 1. The molecule has 0 aliphatic carbocycles. The first kappa shape index (κ1) is 15.7. The van der Waals surface area contributed by atoms with Crippen molar-refractivity contribution in [3.8, 4) is 5.69 Å².